The van der Waals surface area contributed by atoms with Crippen LogP contribution in [0.15, 0.2) is 4.52 Å². The summed E-state index contributed by atoms with van der Waals surface area (Å²) in [4.78, 5) is 15.2. The van der Waals surface area contributed by atoms with Crippen molar-refractivity contribution < 1.29 is 14.4 Å². The summed E-state index contributed by atoms with van der Waals surface area (Å²) in [6.07, 6.45) is 2.26. The molecule has 6 heteroatoms. The molecular weight excluding hydrogens is 240 g/mol. The van der Waals surface area contributed by atoms with Crippen LogP contribution in [0, 0.1) is 5.92 Å². The fourth-order valence-corrected chi connectivity index (χ4v) is 2.97. The van der Waals surface area contributed by atoms with Gasteiger partial charge in [-0.25, -0.2) is 0 Å². The molecule has 1 fully saturated rings. The Bertz CT molecular complexity index is 401. The van der Waals surface area contributed by atoms with Gasteiger partial charge >= 0.3 is 5.97 Å². The smallest absolute Gasteiger partial charge is 0.307 e. The van der Waals surface area contributed by atoms with Gasteiger partial charge in [0.25, 0.3) is 0 Å². The molecule has 3 unspecified atom stereocenters. The second-order valence-electron chi connectivity index (χ2n) is 4.41. The summed E-state index contributed by atoms with van der Waals surface area (Å²) in [5.41, 5.74) is 0. The number of carbonyl (C=O) groups is 1. The highest BCUT2D eigenvalue weighted by molar-refractivity contribution is 7.99. The van der Waals surface area contributed by atoms with E-state index < -0.39 is 11.9 Å². The number of nitrogens with zero attached hydrogens (tertiary/aromatic N) is 2. The third-order valence-corrected chi connectivity index (χ3v) is 4.58. The topological polar surface area (TPSA) is 76.2 Å². The molecule has 1 aromatic heterocycles. The number of carboxylic acids is 1. The summed E-state index contributed by atoms with van der Waals surface area (Å²) in [7, 11) is 0. The van der Waals surface area contributed by atoms with Crippen LogP contribution in [-0.2, 0) is 4.79 Å². The molecule has 0 saturated carbocycles. The zero-order chi connectivity index (χ0) is 12.4. The standard InChI is InChI=1S/C11H16N2O3S/c1-6(7(2)11(14)15)10-12-9(13-16-10)8-4-3-5-17-8/h6-8H,3-5H2,1-2H3,(H,14,15). The van der Waals surface area contributed by atoms with E-state index in [-0.39, 0.29) is 5.92 Å². The molecule has 0 radical (unpaired) electrons. The van der Waals surface area contributed by atoms with Crippen LogP contribution in [0.25, 0.3) is 0 Å². The molecule has 0 aromatic carbocycles. The number of aromatic nitrogens is 2. The molecule has 1 aromatic rings. The van der Waals surface area contributed by atoms with Gasteiger partial charge in [-0.15, -0.1) is 0 Å². The molecule has 1 aliphatic rings. The lowest BCUT2D eigenvalue weighted by Crippen LogP contribution is -2.17. The zero-order valence-electron chi connectivity index (χ0n) is 9.92. The van der Waals surface area contributed by atoms with Crippen molar-refractivity contribution in [1.82, 2.24) is 10.1 Å². The summed E-state index contributed by atoms with van der Waals surface area (Å²) in [5, 5.41) is 13.2. The van der Waals surface area contributed by atoms with Crippen LogP contribution in [-0.4, -0.2) is 27.0 Å². The lowest BCUT2D eigenvalue weighted by Gasteiger charge is -2.10. The van der Waals surface area contributed by atoms with Gasteiger partial charge in [0.1, 0.15) is 0 Å². The molecular formula is C11H16N2O3S. The first-order valence-electron chi connectivity index (χ1n) is 5.77. The van der Waals surface area contributed by atoms with Crippen LogP contribution in [0.1, 0.15) is 49.6 Å². The fourth-order valence-electron chi connectivity index (χ4n) is 1.77. The van der Waals surface area contributed by atoms with E-state index in [4.69, 9.17) is 9.63 Å². The van der Waals surface area contributed by atoms with E-state index >= 15 is 0 Å². The average Bonchev–Trinajstić information content (AvgIpc) is 2.96. The molecule has 2 rings (SSSR count). The van der Waals surface area contributed by atoms with Gasteiger partial charge in [-0.1, -0.05) is 19.0 Å². The predicted molar refractivity (Wildman–Crippen MR) is 63.9 cm³/mol. The molecule has 0 amide bonds. The van der Waals surface area contributed by atoms with Gasteiger partial charge in [0.15, 0.2) is 5.82 Å². The molecule has 0 spiro atoms. The van der Waals surface area contributed by atoms with Crippen LogP contribution in [0.5, 0.6) is 0 Å². The number of hydrogen-bond donors (Lipinski definition) is 1. The van der Waals surface area contributed by atoms with Crippen molar-refractivity contribution in [2.45, 2.75) is 37.9 Å². The summed E-state index contributed by atoms with van der Waals surface area (Å²) >= 11 is 1.83. The SMILES string of the molecule is CC(C(=O)O)C(C)c1nc(C2CCCS2)no1. The van der Waals surface area contributed by atoms with Gasteiger partial charge in [-0.3, -0.25) is 4.79 Å². The number of carboxylic acid groups (broad SMARTS) is 1. The predicted octanol–water partition coefficient (Wildman–Crippen LogP) is 2.46. The van der Waals surface area contributed by atoms with Crippen molar-refractivity contribution in [2.24, 2.45) is 5.92 Å². The van der Waals surface area contributed by atoms with Crippen molar-refractivity contribution >= 4 is 17.7 Å². The van der Waals surface area contributed by atoms with E-state index in [1.54, 1.807) is 13.8 Å². The monoisotopic (exact) mass is 256 g/mol. The van der Waals surface area contributed by atoms with Gasteiger partial charge < -0.3 is 9.63 Å². The number of aliphatic carboxylic acids is 1. The van der Waals surface area contributed by atoms with Gasteiger partial charge in [0, 0.05) is 5.92 Å². The molecule has 0 aliphatic carbocycles. The summed E-state index contributed by atoms with van der Waals surface area (Å²) in [6.45, 7) is 3.46. The zero-order valence-corrected chi connectivity index (χ0v) is 10.7. The van der Waals surface area contributed by atoms with Crippen molar-refractivity contribution in [2.75, 3.05) is 5.75 Å². The van der Waals surface area contributed by atoms with E-state index in [0.717, 1.165) is 12.2 Å². The minimum absolute atomic E-state index is 0.250. The Labute approximate surface area is 104 Å². The van der Waals surface area contributed by atoms with Crippen molar-refractivity contribution in [3.05, 3.63) is 11.7 Å². The molecule has 94 valence electrons. The largest absolute Gasteiger partial charge is 0.481 e. The van der Waals surface area contributed by atoms with E-state index in [2.05, 4.69) is 10.1 Å². The Morgan fingerprint density at radius 1 is 1.59 bits per heavy atom. The Kier molecular flexibility index (Phi) is 3.71. The van der Waals surface area contributed by atoms with Crippen molar-refractivity contribution in [3.8, 4) is 0 Å². The quantitative estimate of drug-likeness (QED) is 0.891. The van der Waals surface area contributed by atoms with Gasteiger partial charge in [0.05, 0.1) is 11.2 Å². The van der Waals surface area contributed by atoms with Crippen molar-refractivity contribution in [3.63, 3.8) is 0 Å². The highest BCUT2D eigenvalue weighted by Crippen LogP contribution is 2.38. The minimum Gasteiger partial charge on any atom is -0.481 e. The fraction of sp³-hybridized carbons (Fsp3) is 0.727. The molecule has 1 saturated heterocycles. The van der Waals surface area contributed by atoms with Gasteiger partial charge in [-0.2, -0.15) is 16.7 Å². The first kappa shape index (κ1) is 12.4. The second-order valence-corrected chi connectivity index (χ2v) is 5.72. The molecule has 17 heavy (non-hydrogen) atoms. The van der Waals surface area contributed by atoms with E-state index in [9.17, 15) is 4.79 Å². The maximum absolute atomic E-state index is 10.9. The molecule has 3 atom stereocenters. The third kappa shape index (κ3) is 2.62. The summed E-state index contributed by atoms with van der Waals surface area (Å²) < 4.78 is 5.17. The molecule has 0 bridgehead atoms. The van der Waals surface area contributed by atoms with Crippen LogP contribution >= 0.6 is 11.8 Å². The number of hydrogen-bond acceptors (Lipinski definition) is 5. The Morgan fingerprint density at radius 2 is 2.35 bits per heavy atom. The van der Waals surface area contributed by atoms with Gasteiger partial charge in [0.2, 0.25) is 5.89 Å². The molecule has 1 aliphatic heterocycles. The van der Waals surface area contributed by atoms with Crippen LogP contribution in [0.3, 0.4) is 0 Å². The van der Waals surface area contributed by atoms with E-state index in [0.29, 0.717) is 17.0 Å². The molecule has 2 heterocycles. The maximum atomic E-state index is 10.9. The van der Waals surface area contributed by atoms with E-state index in [1.165, 1.54) is 6.42 Å². The highest BCUT2D eigenvalue weighted by Gasteiger charge is 2.28. The van der Waals surface area contributed by atoms with E-state index in [1.807, 2.05) is 11.8 Å². The number of rotatable bonds is 4. The molecule has 5 nitrogen and oxygen atoms in total. The second kappa shape index (κ2) is 5.08. The van der Waals surface area contributed by atoms with Crippen LogP contribution in [0.2, 0.25) is 0 Å². The normalized spacial score (nSPS) is 23.5. The minimum atomic E-state index is -0.840. The van der Waals surface area contributed by atoms with Gasteiger partial charge in [-0.05, 0) is 18.6 Å². The Hall–Kier alpha value is -1.04. The first-order valence-corrected chi connectivity index (χ1v) is 6.82. The van der Waals surface area contributed by atoms with Crippen molar-refractivity contribution in [1.29, 1.82) is 0 Å². The lowest BCUT2D eigenvalue weighted by molar-refractivity contribution is -0.141. The van der Waals surface area contributed by atoms with Crippen LogP contribution in [0.4, 0.5) is 0 Å². The highest BCUT2D eigenvalue weighted by atomic mass is 32.2. The first-order chi connectivity index (χ1) is 8.09. The molecule has 1 N–H and O–H groups in total. The Balaban J connectivity index is 2.09. The summed E-state index contributed by atoms with van der Waals surface area (Å²) in [5.74, 6) is 0.678. The lowest BCUT2D eigenvalue weighted by atomic mass is 9.96. The average molecular weight is 256 g/mol. The number of thioether (sulfide) groups is 1. The maximum Gasteiger partial charge on any atom is 0.307 e. The third-order valence-electron chi connectivity index (χ3n) is 3.20. The summed E-state index contributed by atoms with van der Waals surface area (Å²) in [6, 6.07) is 0. The van der Waals surface area contributed by atoms with Crippen LogP contribution < -0.4 is 0 Å². The Morgan fingerprint density at radius 3 is 2.94 bits per heavy atom.